The number of benzene rings is 2. The molecule has 2 unspecified atom stereocenters. The van der Waals surface area contributed by atoms with E-state index in [9.17, 15) is 0 Å². The Hall–Kier alpha value is -0.263. The minimum atomic E-state index is -3.93. The molecule has 0 heterocycles. The summed E-state index contributed by atoms with van der Waals surface area (Å²) in [5.74, 6) is 0. The fraction of sp³-hybridized carbons (Fsp3) is 0.467. The molecule has 2 aliphatic carbocycles. The second kappa shape index (κ2) is 10.6. The van der Waals surface area contributed by atoms with Crippen LogP contribution in [0.1, 0.15) is 65.6 Å². The number of hydrogen-bond donors (Lipinski definition) is 0. The van der Waals surface area contributed by atoms with Gasteiger partial charge in [-0.1, -0.05) is 0 Å². The van der Waals surface area contributed by atoms with Gasteiger partial charge in [0.2, 0.25) is 0 Å². The first-order valence-corrected chi connectivity index (χ1v) is 29.3. The van der Waals surface area contributed by atoms with E-state index in [2.05, 4.69) is 103 Å². The molecule has 0 aliphatic heterocycles. The second-order valence-corrected chi connectivity index (χ2v) is 36.6. The zero-order valence-electron chi connectivity index (χ0n) is 24.1. The zero-order chi connectivity index (χ0) is 27.5. The van der Waals surface area contributed by atoms with Crippen LogP contribution in [0.2, 0.25) is 39.3 Å². The van der Waals surface area contributed by atoms with Crippen LogP contribution in [0, 0.1) is 13.8 Å². The van der Waals surface area contributed by atoms with E-state index < -0.39 is 34.5 Å². The van der Waals surface area contributed by atoms with E-state index in [1.165, 1.54) is 55.7 Å². The molecule has 0 radical (unpaired) electrons. The molecular weight excluding hydrogens is 611 g/mol. The third kappa shape index (κ3) is 6.09. The Morgan fingerprint density at radius 3 is 1.32 bits per heavy atom. The van der Waals surface area contributed by atoms with Gasteiger partial charge in [-0.2, -0.15) is 0 Å². The van der Waals surface area contributed by atoms with Crippen molar-refractivity contribution in [2.45, 2.75) is 87.4 Å². The number of halogens is 2. The molecule has 0 N–H and O–H groups in total. The van der Waals surface area contributed by atoms with E-state index in [4.69, 9.17) is 25.9 Å². The number of hydrogen-bond acceptors (Lipinski definition) is 2. The predicted molar refractivity (Wildman–Crippen MR) is 163 cm³/mol. The normalized spacial score (nSPS) is 19.6. The molecule has 0 saturated heterocycles. The third-order valence-corrected chi connectivity index (χ3v) is 22.1. The molecule has 0 spiro atoms. The standard InChI is InChI=1S/2C15H21OSi.2ClH.Zr/c2*1-11-8-14-12(2)6-7-13(15(14)9-11)10-16-17(3,4)5;;;/h2*6-9H,10H2,1-5H3;2*1H;/q;;;;+2/p-2. The van der Waals surface area contributed by atoms with Crippen LogP contribution < -0.4 is 0 Å². The van der Waals surface area contributed by atoms with E-state index in [0.717, 1.165) is 0 Å². The molecule has 0 amide bonds. The van der Waals surface area contributed by atoms with Gasteiger partial charge in [0, 0.05) is 0 Å². The van der Waals surface area contributed by atoms with Gasteiger partial charge in [0.15, 0.2) is 0 Å². The molecule has 0 aromatic heterocycles. The maximum absolute atomic E-state index is 7.79. The molecule has 2 aromatic carbocycles. The summed E-state index contributed by atoms with van der Waals surface area (Å²) in [5, 5.41) is 0. The Balaban J connectivity index is 1.77. The van der Waals surface area contributed by atoms with Gasteiger partial charge in [0.05, 0.1) is 0 Å². The summed E-state index contributed by atoms with van der Waals surface area (Å²) in [6.45, 7) is 23.6. The van der Waals surface area contributed by atoms with Crippen LogP contribution in [-0.2, 0) is 39.9 Å². The van der Waals surface area contributed by atoms with Gasteiger partial charge in [0.1, 0.15) is 0 Å². The van der Waals surface area contributed by atoms with Gasteiger partial charge in [-0.15, -0.1) is 0 Å². The van der Waals surface area contributed by atoms with Crippen LogP contribution in [0.25, 0.3) is 12.2 Å². The van der Waals surface area contributed by atoms with Crippen molar-refractivity contribution in [3.05, 3.63) is 79.9 Å². The molecule has 2 aliphatic rings. The molecule has 0 fully saturated rings. The van der Waals surface area contributed by atoms with Gasteiger partial charge in [-0.05, 0) is 0 Å². The molecule has 2 aromatic rings. The van der Waals surface area contributed by atoms with Crippen LogP contribution in [-0.4, -0.2) is 16.6 Å². The number of fused-ring (bicyclic) bond motifs is 2. The van der Waals surface area contributed by atoms with E-state index in [1.807, 2.05) is 0 Å². The monoisotopic (exact) mass is 650 g/mol. The molecule has 200 valence electrons. The Morgan fingerprint density at radius 2 is 1.00 bits per heavy atom. The average molecular weight is 653 g/mol. The Labute approximate surface area is 238 Å². The summed E-state index contributed by atoms with van der Waals surface area (Å²) in [7, 11) is 12.3. The SMILES string of the molecule is CC1=Cc2c(CO[Si](C)(C)C)ccc(C)c2[CH]1[Zr]([Cl])([Cl])[CH]1C(C)=Cc2c(CO[Si](C)(C)C)ccc(C)c21. The summed E-state index contributed by atoms with van der Waals surface area (Å²) >= 11 is -3.93. The molecule has 0 bridgehead atoms. The van der Waals surface area contributed by atoms with Crippen LogP contribution in [0.4, 0.5) is 0 Å². The third-order valence-electron chi connectivity index (χ3n) is 7.51. The van der Waals surface area contributed by atoms with Crippen molar-refractivity contribution in [3.63, 3.8) is 0 Å². The molecule has 7 heteroatoms. The van der Waals surface area contributed by atoms with E-state index in [-0.39, 0.29) is 7.25 Å². The summed E-state index contributed by atoms with van der Waals surface area (Å²) in [6, 6.07) is 8.93. The quantitative estimate of drug-likeness (QED) is 0.264. The van der Waals surface area contributed by atoms with Crippen molar-refractivity contribution >= 4 is 45.8 Å². The van der Waals surface area contributed by atoms with Crippen molar-refractivity contribution in [3.8, 4) is 0 Å². The predicted octanol–water partition coefficient (Wildman–Crippen LogP) is 10.1. The molecule has 0 saturated carbocycles. The van der Waals surface area contributed by atoms with Gasteiger partial charge in [-0.25, -0.2) is 0 Å². The maximum atomic E-state index is 7.79. The molecule has 4 rings (SSSR count). The van der Waals surface area contributed by atoms with Crippen LogP contribution in [0.3, 0.4) is 0 Å². The van der Waals surface area contributed by atoms with Crippen LogP contribution >= 0.6 is 17.0 Å². The van der Waals surface area contributed by atoms with Crippen molar-refractivity contribution in [2.75, 3.05) is 0 Å². The van der Waals surface area contributed by atoms with E-state index >= 15 is 0 Å². The van der Waals surface area contributed by atoms with E-state index in [0.29, 0.717) is 13.2 Å². The second-order valence-electron chi connectivity index (χ2n) is 12.9. The Bertz CT molecular complexity index is 1190. The Kier molecular flexibility index (Phi) is 8.52. The first-order valence-electron chi connectivity index (χ1n) is 13.3. The first-order chi connectivity index (χ1) is 17.0. The first kappa shape index (κ1) is 29.7. The summed E-state index contributed by atoms with van der Waals surface area (Å²) < 4.78 is 12.9. The van der Waals surface area contributed by atoms with Gasteiger partial charge in [-0.3, -0.25) is 0 Å². The van der Waals surface area contributed by atoms with E-state index in [1.54, 1.807) is 0 Å². The Morgan fingerprint density at radius 1 is 0.649 bits per heavy atom. The summed E-state index contributed by atoms with van der Waals surface area (Å²) in [6.07, 6.45) is 4.68. The zero-order valence-corrected chi connectivity index (χ0v) is 30.1. The number of aryl methyl sites for hydroxylation is 2. The van der Waals surface area contributed by atoms with Crippen molar-refractivity contribution in [1.29, 1.82) is 0 Å². The topological polar surface area (TPSA) is 18.5 Å². The number of rotatable bonds is 8. The van der Waals surface area contributed by atoms with Crippen molar-refractivity contribution < 1.29 is 26.7 Å². The van der Waals surface area contributed by atoms with Crippen molar-refractivity contribution in [1.82, 2.24) is 0 Å². The summed E-state index contributed by atoms with van der Waals surface area (Å²) in [5.41, 5.74) is 12.9. The molecule has 2 atom stereocenters. The number of allylic oxidation sites excluding steroid dienone is 2. The van der Waals surface area contributed by atoms with Gasteiger partial charge >= 0.3 is 240 Å². The van der Waals surface area contributed by atoms with Gasteiger partial charge in [0.25, 0.3) is 0 Å². The van der Waals surface area contributed by atoms with Gasteiger partial charge < -0.3 is 0 Å². The molecule has 2 nitrogen and oxygen atoms in total. The fourth-order valence-corrected chi connectivity index (χ4v) is 21.6. The van der Waals surface area contributed by atoms with Crippen LogP contribution in [0.5, 0.6) is 0 Å². The van der Waals surface area contributed by atoms with Crippen LogP contribution in [0.15, 0.2) is 35.4 Å². The molecule has 37 heavy (non-hydrogen) atoms. The molecular formula is C30H42Cl2O2Si2Zr. The minimum absolute atomic E-state index is 0.111. The summed E-state index contributed by atoms with van der Waals surface area (Å²) in [4.78, 5) is 0. The van der Waals surface area contributed by atoms with Crippen molar-refractivity contribution in [2.24, 2.45) is 0 Å². The fourth-order valence-electron chi connectivity index (χ4n) is 5.76. The average Bonchev–Trinajstić information content (AvgIpc) is 3.30.